The lowest BCUT2D eigenvalue weighted by molar-refractivity contribution is -0.150. The molecule has 0 radical (unpaired) electrons. The molecule has 0 aromatic heterocycles. The molecule has 0 bridgehead atoms. The Kier molecular flexibility index (Phi) is 4.36. The number of halogens is 1. The van der Waals surface area contributed by atoms with Gasteiger partial charge in [0.15, 0.2) is 0 Å². The second-order valence-electron chi connectivity index (χ2n) is 6.36. The van der Waals surface area contributed by atoms with Gasteiger partial charge in [0.1, 0.15) is 0 Å². The summed E-state index contributed by atoms with van der Waals surface area (Å²) in [6, 6.07) is 9.74. The number of hydrogen-bond donors (Lipinski definition) is 1. The summed E-state index contributed by atoms with van der Waals surface area (Å²) in [5.41, 5.74) is -2.30. The van der Waals surface area contributed by atoms with E-state index < -0.39 is 16.4 Å². The highest BCUT2D eigenvalue weighted by Gasteiger charge is 2.52. The maximum atomic E-state index is 14.3. The molecule has 124 valence electrons. The third-order valence-corrected chi connectivity index (χ3v) is 6.23. The van der Waals surface area contributed by atoms with Crippen LogP contribution in [0.3, 0.4) is 0 Å². The van der Waals surface area contributed by atoms with Crippen LogP contribution >= 0.6 is 11.8 Å². The Hall–Kier alpha value is -1.56. The Labute approximate surface area is 139 Å². The van der Waals surface area contributed by atoms with Crippen LogP contribution in [-0.4, -0.2) is 45.4 Å². The van der Waals surface area contributed by atoms with Crippen LogP contribution in [0.25, 0.3) is 0 Å². The molecule has 2 aliphatic rings. The highest BCUT2D eigenvalue weighted by Crippen LogP contribution is 2.47. The molecule has 2 fully saturated rings. The van der Waals surface area contributed by atoms with Crippen molar-refractivity contribution in [2.24, 2.45) is 0 Å². The molecular weight excluding hydrogens is 317 g/mol. The fraction of sp³-hybridized carbons (Fsp3) is 0.529. The molecule has 23 heavy (non-hydrogen) atoms. The Bertz CT molecular complexity index is 603. The zero-order valence-corrected chi connectivity index (χ0v) is 13.7. The third kappa shape index (κ3) is 3.09. The van der Waals surface area contributed by atoms with Crippen molar-refractivity contribution in [3.8, 4) is 0 Å². The third-order valence-electron chi connectivity index (χ3n) is 4.75. The smallest absolute Gasteiger partial charge is 0.343 e. The van der Waals surface area contributed by atoms with Gasteiger partial charge in [-0.2, -0.15) is 0 Å². The maximum absolute atomic E-state index is 14.3. The van der Waals surface area contributed by atoms with Crippen LogP contribution in [0.5, 0.6) is 0 Å². The zero-order chi connectivity index (χ0) is 16.5. The van der Waals surface area contributed by atoms with Gasteiger partial charge in [0, 0.05) is 17.9 Å². The Morgan fingerprint density at radius 1 is 1.13 bits per heavy atom. The summed E-state index contributed by atoms with van der Waals surface area (Å²) in [5, 5.41) is 9.02. The number of nitrogens with zero attached hydrogens (tertiary/aromatic N) is 1. The van der Waals surface area contributed by atoms with Crippen molar-refractivity contribution in [3.05, 3.63) is 30.3 Å². The zero-order valence-electron chi connectivity index (χ0n) is 12.8. The minimum Gasteiger partial charge on any atom is -0.479 e. The maximum Gasteiger partial charge on any atom is 0.343 e. The topological polar surface area (TPSA) is 57.6 Å². The summed E-state index contributed by atoms with van der Waals surface area (Å²) in [5.74, 6) is -1.58. The van der Waals surface area contributed by atoms with Crippen molar-refractivity contribution in [2.75, 3.05) is 13.1 Å². The monoisotopic (exact) mass is 337 g/mol. The molecule has 4 nitrogen and oxygen atoms in total. The number of thioether (sulfide) groups is 1. The van der Waals surface area contributed by atoms with Crippen molar-refractivity contribution in [2.45, 2.75) is 47.4 Å². The van der Waals surface area contributed by atoms with Crippen LogP contribution in [0.1, 0.15) is 32.1 Å². The van der Waals surface area contributed by atoms with Gasteiger partial charge < -0.3 is 10.0 Å². The number of likely N-dealkylation sites (tertiary alicyclic amines) is 1. The minimum atomic E-state index is -2.30. The van der Waals surface area contributed by atoms with E-state index in [-0.39, 0.29) is 25.4 Å². The van der Waals surface area contributed by atoms with Gasteiger partial charge in [-0.3, -0.25) is 4.79 Å². The van der Waals surface area contributed by atoms with Crippen LogP contribution in [0, 0.1) is 0 Å². The lowest BCUT2D eigenvalue weighted by Gasteiger charge is -2.32. The molecule has 1 saturated carbocycles. The molecule has 1 aliphatic heterocycles. The number of carbonyl (C=O) groups is 2. The van der Waals surface area contributed by atoms with Crippen molar-refractivity contribution >= 4 is 23.6 Å². The number of carbonyl (C=O) groups excluding carboxylic acids is 1. The molecule has 6 heteroatoms. The number of hydrogen-bond acceptors (Lipinski definition) is 3. The van der Waals surface area contributed by atoms with Crippen LogP contribution < -0.4 is 0 Å². The Morgan fingerprint density at radius 2 is 1.78 bits per heavy atom. The number of benzene rings is 1. The van der Waals surface area contributed by atoms with Crippen molar-refractivity contribution in [1.82, 2.24) is 4.90 Å². The van der Waals surface area contributed by atoms with E-state index in [4.69, 9.17) is 5.11 Å². The van der Waals surface area contributed by atoms with E-state index in [1.807, 2.05) is 30.3 Å². The Balaban J connectivity index is 1.79. The van der Waals surface area contributed by atoms with Crippen LogP contribution in [-0.2, 0) is 9.59 Å². The van der Waals surface area contributed by atoms with Gasteiger partial charge in [-0.15, -0.1) is 11.8 Å². The summed E-state index contributed by atoms with van der Waals surface area (Å²) < 4.78 is 13.7. The molecule has 1 aliphatic carbocycles. The van der Waals surface area contributed by atoms with E-state index >= 15 is 0 Å². The summed E-state index contributed by atoms with van der Waals surface area (Å²) >= 11 is 1.54. The first-order valence-corrected chi connectivity index (χ1v) is 8.73. The predicted octanol–water partition coefficient (Wildman–Crippen LogP) is 3.12. The molecule has 1 unspecified atom stereocenters. The number of carboxylic acid groups (broad SMARTS) is 1. The highest BCUT2D eigenvalue weighted by atomic mass is 32.2. The van der Waals surface area contributed by atoms with Crippen LogP contribution in [0.2, 0.25) is 0 Å². The normalized spacial score (nSPS) is 26.4. The van der Waals surface area contributed by atoms with Crippen molar-refractivity contribution in [1.29, 1.82) is 0 Å². The molecule has 1 N–H and O–H groups in total. The van der Waals surface area contributed by atoms with Gasteiger partial charge in [-0.05, 0) is 25.0 Å². The lowest BCUT2D eigenvalue weighted by Crippen LogP contribution is -2.46. The number of rotatable bonds is 4. The second kappa shape index (κ2) is 6.15. The van der Waals surface area contributed by atoms with Gasteiger partial charge in [0.2, 0.25) is 11.6 Å². The van der Waals surface area contributed by atoms with Crippen LogP contribution in [0.4, 0.5) is 4.39 Å². The van der Waals surface area contributed by atoms with Gasteiger partial charge in [-0.25, -0.2) is 9.18 Å². The van der Waals surface area contributed by atoms with Gasteiger partial charge in [-0.1, -0.05) is 31.0 Å². The number of amides is 1. The number of alkyl halides is 1. The molecule has 1 atom stereocenters. The molecule has 3 rings (SSSR count). The number of aliphatic carboxylic acids is 1. The highest BCUT2D eigenvalue weighted by molar-refractivity contribution is 8.01. The summed E-state index contributed by atoms with van der Waals surface area (Å²) in [7, 11) is 0. The second-order valence-corrected chi connectivity index (χ2v) is 7.82. The first-order chi connectivity index (χ1) is 11.0. The van der Waals surface area contributed by atoms with E-state index in [1.54, 1.807) is 11.8 Å². The van der Waals surface area contributed by atoms with E-state index in [2.05, 4.69) is 0 Å². The van der Waals surface area contributed by atoms with E-state index in [9.17, 15) is 14.0 Å². The van der Waals surface area contributed by atoms with Gasteiger partial charge in [0.25, 0.3) is 0 Å². The summed E-state index contributed by atoms with van der Waals surface area (Å²) in [6.07, 6.45) is 3.33. The molecular formula is C17H20FNO3S. The lowest BCUT2D eigenvalue weighted by atomic mass is 10.0. The van der Waals surface area contributed by atoms with Gasteiger partial charge in [0.05, 0.1) is 11.3 Å². The molecule has 1 aromatic carbocycles. The van der Waals surface area contributed by atoms with Crippen molar-refractivity contribution < 1.29 is 19.1 Å². The molecule has 1 amide bonds. The average Bonchev–Trinajstić information content (AvgIpc) is 3.16. The number of carboxylic acids is 1. The van der Waals surface area contributed by atoms with Crippen molar-refractivity contribution in [3.63, 3.8) is 0 Å². The van der Waals surface area contributed by atoms with E-state index in [0.29, 0.717) is 0 Å². The first-order valence-electron chi connectivity index (χ1n) is 7.91. The fourth-order valence-corrected chi connectivity index (χ4v) is 4.88. The molecule has 1 heterocycles. The van der Waals surface area contributed by atoms with E-state index in [0.717, 1.165) is 30.6 Å². The van der Waals surface area contributed by atoms with Crippen LogP contribution in [0.15, 0.2) is 35.2 Å². The predicted molar refractivity (Wildman–Crippen MR) is 86.2 cm³/mol. The molecule has 1 saturated heterocycles. The molecule has 0 spiro atoms. The summed E-state index contributed by atoms with van der Waals surface area (Å²) in [6.45, 7) is -0.156. The average molecular weight is 337 g/mol. The quantitative estimate of drug-likeness (QED) is 0.917. The standard InChI is InChI=1S/C17H20FNO3S/c18-16(15(21)22)10-11-19(12-16)14(20)17(8-4-5-9-17)23-13-6-2-1-3-7-13/h1-3,6-7H,4-5,8-12H2,(H,21,22). The van der Waals surface area contributed by atoms with E-state index in [1.165, 1.54) is 4.90 Å². The largest absolute Gasteiger partial charge is 0.479 e. The van der Waals surface area contributed by atoms with Gasteiger partial charge >= 0.3 is 5.97 Å². The first kappa shape index (κ1) is 16.3. The molecule has 1 aromatic rings. The summed E-state index contributed by atoms with van der Waals surface area (Å²) in [4.78, 5) is 26.5. The Morgan fingerprint density at radius 3 is 2.35 bits per heavy atom. The fourth-order valence-electron chi connectivity index (χ4n) is 3.43. The minimum absolute atomic E-state index is 0.107. The SMILES string of the molecule is O=C(O)C1(F)CCN(C(=O)C2(Sc3ccccc3)CCCC2)C1.